The van der Waals surface area contributed by atoms with Crippen LogP contribution in [-0.4, -0.2) is 5.88 Å². The average Bonchev–Trinajstić information content (AvgIpc) is 2.09. The zero-order valence-electron chi connectivity index (χ0n) is 6.77. The van der Waals surface area contributed by atoms with Gasteiger partial charge in [0, 0.05) is 9.81 Å². The van der Waals surface area contributed by atoms with E-state index in [-0.39, 0.29) is 0 Å². The summed E-state index contributed by atoms with van der Waals surface area (Å²) in [4.78, 5) is 3.80. The molecule has 4 heteroatoms. The van der Waals surface area contributed by atoms with Gasteiger partial charge in [0.15, 0.2) is 0 Å². The number of aryl methyl sites for hydroxylation is 1. The van der Waals surface area contributed by atoms with Gasteiger partial charge in [0.05, 0.1) is 5.88 Å². The summed E-state index contributed by atoms with van der Waals surface area (Å²) in [5, 5.41) is 3.43. The largest absolute Gasteiger partial charge is 0.120 e. The molecule has 0 aliphatic carbocycles. The average molecular weight is 179 g/mol. The second-order valence-corrected chi connectivity index (χ2v) is 3.34. The number of thioether (sulfide) groups is 1. The third-order valence-electron chi connectivity index (χ3n) is 1.37. The zero-order chi connectivity index (χ0) is 8.81. The second kappa shape index (κ2) is 4.70. The molecule has 0 saturated carbocycles. The Morgan fingerprint density at radius 2 is 2.08 bits per heavy atom. The Morgan fingerprint density at radius 1 is 1.42 bits per heavy atom. The number of nitrogens with zero attached hydrogens (tertiary/aromatic N) is 3. The minimum absolute atomic E-state index is 0.458. The van der Waals surface area contributed by atoms with Crippen LogP contribution in [0.15, 0.2) is 34.3 Å². The summed E-state index contributed by atoms with van der Waals surface area (Å²) >= 11 is 1.53. The van der Waals surface area contributed by atoms with E-state index < -0.39 is 0 Å². The van der Waals surface area contributed by atoms with Gasteiger partial charge in [-0.15, -0.1) is 11.8 Å². The molecule has 0 bridgehead atoms. The fourth-order valence-electron chi connectivity index (χ4n) is 0.764. The lowest BCUT2D eigenvalue weighted by molar-refractivity contribution is 1.31. The van der Waals surface area contributed by atoms with E-state index in [9.17, 15) is 0 Å². The molecule has 0 aromatic heterocycles. The van der Waals surface area contributed by atoms with Crippen molar-refractivity contribution in [1.82, 2.24) is 0 Å². The monoisotopic (exact) mass is 179 g/mol. The third-order valence-corrected chi connectivity index (χ3v) is 2.22. The van der Waals surface area contributed by atoms with E-state index >= 15 is 0 Å². The van der Waals surface area contributed by atoms with Gasteiger partial charge >= 0.3 is 0 Å². The predicted molar refractivity (Wildman–Crippen MR) is 51.0 cm³/mol. The molecule has 0 aliphatic heterocycles. The second-order valence-electron chi connectivity index (χ2n) is 2.32. The Hall–Kier alpha value is -1.12. The first kappa shape index (κ1) is 8.97. The van der Waals surface area contributed by atoms with Gasteiger partial charge in [0.2, 0.25) is 0 Å². The lowest BCUT2D eigenvalue weighted by Gasteiger charge is -1.96. The topological polar surface area (TPSA) is 48.8 Å². The van der Waals surface area contributed by atoms with Gasteiger partial charge < -0.3 is 0 Å². The predicted octanol–water partition coefficient (Wildman–Crippen LogP) is 3.35. The van der Waals surface area contributed by atoms with E-state index in [0.717, 1.165) is 4.90 Å². The van der Waals surface area contributed by atoms with Crippen LogP contribution in [0, 0.1) is 6.92 Å². The van der Waals surface area contributed by atoms with Crippen molar-refractivity contribution in [2.75, 3.05) is 5.88 Å². The molecule has 1 aromatic rings. The van der Waals surface area contributed by atoms with E-state index in [1.165, 1.54) is 17.3 Å². The molecule has 0 N–H and O–H groups in total. The number of benzene rings is 1. The fraction of sp³-hybridized carbons (Fsp3) is 0.250. The van der Waals surface area contributed by atoms with E-state index in [2.05, 4.69) is 10.0 Å². The number of azide groups is 1. The highest BCUT2D eigenvalue weighted by Gasteiger charge is 1.90. The first-order valence-corrected chi connectivity index (χ1v) is 4.52. The maximum Gasteiger partial charge on any atom is 0.0768 e. The van der Waals surface area contributed by atoms with Crippen molar-refractivity contribution in [3.8, 4) is 0 Å². The number of rotatable bonds is 3. The van der Waals surface area contributed by atoms with Crippen LogP contribution in [-0.2, 0) is 0 Å². The first-order valence-electron chi connectivity index (χ1n) is 3.53. The van der Waals surface area contributed by atoms with Crippen molar-refractivity contribution in [3.63, 3.8) is 0 Å². The van der Waals surface area contributed by atoms with E-state index in [0.29, 0.717) is 5.88 Å². The van der Waals surface area contributed by atoms with Gasteiger partial charge in [-0.25, -0.2) is 0 Å². The SMILES string of the molecule is Cc1ccc(SCN=[N+]=[N-])cc1. The normalized spacial score (nSPS) is 9.08. The minimum atomic E-state index is 0.458. The van der Waals surface area contributed by atoms with E-state index in [4.69, 9.17) is 5.53 Å². The summed E-state index contributed by atoms with van der Waals surface area (Å²) in [5.41, 5.74) is 9.27. The molecule has 0 atom stereocenters. The minimum Gasteiger partial charge on any atom is -0.120 e. The Morgan fingerprint density at radius 3 is 2.67 bits per heavy atom. The van der Waals surface area contributed by atoms with Gasteiger partial charge in [0.25, 0.3) is 0 Å². The lowest BCUT2D eigenvalue weighted by Crippen LogP contribution is -1.74. The maximum absolute atomic E-state index is 8.03. The highest BCUT2D eigenvalue weighted by atomic mass is 32.2. The molecule has 0 fully saturated rings. The Bertz CT molecular complexity index is 288. The van der Waals surface area contributed by atoms with Gasteiger partial charge in [-0.05, 0) is 24.6 Å². The number of hydrogen-bond acceptors (Lipinski definition) is 2. The van der Waals surface area contributed by atoms with Crippen LogP contribution in [0.1, 0.15) is 5.56 Å². The van der Waals surface area contributed by atoms with Gasteiger partial charge in [-0.2, -0.15) is 0 Å². The molecule has 1 rings (SSSR count). The molecular formula is C8H9N3S. The molecule has 0 unspecified atom stereocenters. The Kier molecular flexibility index (Phi) is 3.51. The molecule has 0 amide bonds. The molecule has 1 aromatic carbocycles. The standard InChI is InChI=1S/C8H9N3S/c1-7-2-4-8(5-3-7)12-6-10-11-9/h2-5H,6H2,1H3. The van der Waals surface area contributed by atoms with Crippen molar-refractivity contribution in [3.05, 3.63) is 40.3 Å². The summed E-state index contributed by atoms with van der Waals surface area (Å²) in [6.45, 7) is 2.04. The molecule has 0 saturated heterocycles. The summed E-state index contributed by atoms with van der Waals surface area (Å²) in [6, 6.07) is 8.12. The van der Waals surface area contributed by atoms with Crippen LogP contribution < -0.4 is 0 Å². The van der Waals surface area contributed by atoms with Crippen molar-refractivity contribution in [2.24, 2.45) is 5.11 Å². The molecule has 0 radical (unpaired) electrons. The van der Waals surface area contributed by atoms with Crippen molar-refractivity contribution in [2.45, 2.75) is 11.8 Å². The van der Waals surface area contributed by atoms with Gasteiger partial charge in [0.1, 0.15) is 0 Å². The van der Waals surface area contributed by atoms with Crippen LogP contribution >= 0.6 is 11.8 Å². The van der Waals surface area contributed by atoms with Gasteiger partial charge in [-0.1, -0.05) is 22.8 Å². The lowest BCUT2D eigenvalue weighted by atomic mass is 10.2. The number of hydrogen-bond donors (Lipinski definition) is 0. The summed E-state index contributed by atoms with van der Waals surface area (Å²) in [6.07, 6.45) is 0. The molecule has 0 spiro atoms. The highest BCUT2D eigenvalue weighted by Crippen LogP contribution is 2.17. The fourth-order valence-corrected chi connectivity index (χ4v) is 1.35. The van der Waals surface area contributed by atoms with Crippen LogP contribution in [0.25, 0.3) is 10.4 Å². The molecule has 12 heavy (non-hydrogen) atoms. The van der Waals surface area contributed by atoms with Gasteiger partial charge in [-0.3, -0.25) is 0 Å². The quantitative estimate of drug-likeness (QED) is 0.304. The van der Waals surface area contributed by atoms with Crippen molar-refractivity contribution < 1.29 is 0 Å². The molecule has 62 valence electrons. The zero-order valence-corrected chi connectivity index (χ0v) is 7.58. The van der Waals surface area contributed by atoms with E-state index in [1.807, 2.05) is 31.2 Å². The van der Waals surface area contributed by atoms with E-state index in [1.54, 1.807) is 0 Å². The van der Waals surface area contributed by atoms with Crippen LogP contribution in [0.5, 0.6) is 0 Å². The van der Waals surface area contributed by atoms with Crippen molar-refractivity contribution >= 4 is 11.8 Å². The smallest absolute Gasteiger partial charge is 0.0768 e. The van der Waals surface area contributed by atoms with Crippen LogP contribution in [0.3, 0.4) is 0 Å². The third kappa shape index (κ3) is 2.86. The Balaban J connectivity index is 2.53. The Labute approximate surface area is 75.4 Å². The first-order chi connectivity index (χ1) is 5.83. The van der Waals surface area contributed by atoms with Crippen LogP contribution in [0.4, 0.5) is 0 Å². The molecule has 0 heterocycles. The summed E-state index contributed by atoms with van der Waals surface area (Å²) < 4.78 is 0. The molecule has 0 aliphatic rings. The van der Waals surface area contributed by atoms with Crippen molar-refractivity contribution in [1.29, 1.82) is 0 Å². The molecular weight excluding hydrogens is 170 g/mol. The van der Waals surface area contributed by atoms with Crippen LogP contribution in [0.2, 0.25) is 0 Å². The maximum atomic E-state index is 8.03. The summed E-state index contributed by atoms with van der Waals surface area (Å²) in [7, 11) is 0. The summed E-state index contributed by atoms with van der Waals surface area (Å²) in [5.74, 6) is 0.458. The molecule has 3 nitrogen and oxygen atoms in total. The highest BCUT2D eigenvalue weighted by molar-refractivity contribution is 7.99.